The summed E-state index contributed by atoms with van der Waals surface area (Å²) >= 11 is 0. The number of nitrogens with zero attached hydrogens (tertiary/aromatic N) is 2. The Kier molecular flexibility index (Phi) is 4.44. The van der Waals surface area contributed by atoms with E-state index in [0.717, 1.165) is 25.4 Å². The Hall–Kier alpha value is -0.830. The zero-order valence-electron chi connectivity index (χ0n) is 12.2. The second-order valence-electron chi connectivity index (χ2n) is 6.02. The largest absolute Gasteiger partial charge is 0.312 e. The molecular weight excluding hydrogens is 222 g/mol. The maximum atomic E-state index is 4.62. The van der Waals surface area contributed by atoms with E-state index in [2.05, 4.69) is 49.0 Å². The van der Waals surface area contributed by atoms with E-state index in [0.29, 0.717) is 12.0 Å². The molecule has 1 unspecified atom stereocenters. The molecule has 0 amide bonds. The van der Waals surface area contributed by atoms with Gasteiger partial charge in [-0.3, -0.25) is 4.68 Å². The van der Waals surface area contributed by atoms with E-state index in [-0.39, 0.29) is 0 Å². The molecule has 0 bridgehead atoms. The van der Waals surface area contributed by atoms with Gasteiger partial charge in [0.1, 0.15) is 0 Å². The van der Waals surface area contributed by atoms with Gasteiger partial charge < -0.3 is 5.32 Å². The summed E-state index contributed by atoms with van der Waals surface area (Å²) in [4.78, 5) is 0. The third-order valence-electron chi connectivity index (χ3n) is 3.88. The second kappa shape index (κ2) is 5.87. The molecule has 1 aromatic heterocycles. The van der Waals surface area contributed by atoms with Gasteiger partial charge in [-0.25, -0.2) is 0 Å². The van der Waals surface area contributed by atoms with Crippen LogP contribution in [0.2, 0.25) is 0 Å². The summed E-state index contributed by atoms with van der Waals surface area (Å²) < 4.78 is 2.27. The molecule has 1 saturated carbocycles. The Labute approximate surface area is 111 Å². The monoisotopic (exact) mass is 249 g/mol. The molecule has 18 heavy (non-hydrogen) atoms. The first-order chi connectivity index (χ1) is 8.63. The number of nitrogens with one attached hydrogen (secondary N) is 1. The first kappa shape index (κ1) is 13.6. The van der Waals surface area contributed by atoms with Crippen molar-refractivity contribution in [3.05, 3.63) is 17.5 Å². The van der Waals surface area contributed by atoms with Gasteiger partial charge in [0.2, 0.25) is 0 Å². The highest BCUT2D eigenvalue weighted by atomic mass is 15.3. The van der Waals surface area contributed by atoms with Crippen LogP contribution in [0, 0.1) is 11.8 Å². The molecule has 0 aliphatic heterocycles. The highest BCUT2D eigenvalue weighted by Gasteiger charge is 2.30. The summed E-state index contributed by atoms with van der Waals surface area (Å²) in [7, 11) is 0. The molecule has 1 aliphatic carbocycles. The summed E-state index contributed by atoms with van der Waals surface area (Å²) in [5.74, 6) is 1.57. The van der Waals surface area contributed by atoms with Crippen LogP contribution in [0.15, 0.2) is 6.20 Å². The molecule has 1 aromatic rings. The molecule has 0 radical (unpaired) electrons. The third kappa shape index (κ3) is 3.14. The van der Waals surface area contributed by atoms with Gasteiger partial charge in [0.05, 0.1) is 12.2 Å². The fourth-order valence-electron chi connectivity index (χ4n) is 2.58. The third-order valence-corrected chi connectivity index (χ3v) is 3.88. The highest BCUT2D eigenvalue weighted by Crippen LogP contribution is 2.39. The van der Waals surface area contributed by atoms with Crippen LogP contribution >= 0.6 is 0 Å². The standard InChI is InChI=1S/C15H27N3/c1-5-15-14(9-16-8-11(2)3)10-17-18(15)12(4)13-6-7-13/h10-13,16H,5-9H2,1-4H3. The first-order valence-electron chi connectivity index (χ1n) is 7.39. The highest BCUT2D eigenvalue weighted by molar-refractivity contribution is 5.18. The van der Waals surface area contributed by atoms with Crippen molar-refractivity contribution < 1.29 is 0 Å². The van der Waals surface area contributed by atoms with Gasteiger partial charge in [0.15, 0.2) is 0 Å². The Balaban J connectivity index is 2.01. The lowest BCUT2D eigenvalue weighted by molar-refractivity contribution is 0.425. The Morgan fingerprint density at radius 3 is 2.67 bits per heavy atom. The molecule has 3 nitrogen and oxygen atoms in total. The zero-order valence-corrected chi connectivity index (χ0v) is 12.2. The molecule has 1 aliphatic rings. The molecule has 2 rings (SSSR count). The van der Waals surface area contributed by atoms with Crippen LogP contribution in [0.1, 0.15) is 57.8 Å². The fraction of sp³-hybridized carbons (Fsp3) is 0.800. The normalized spacial score (nSPS) is 17.4. The average molecular weight is 249 g/mol. The Bertz CT molecular complexity index is 377. The maximum Gasteiger partial charge on any atom is 0.0537 e. The van der Waals surface area contributed by atoms with Crippen LogP contribution in [0.3, 0.4) is 0 Å². The van der Waals surface area contributed by atoms with E-state index in [1.54, 1.807) is 0 Å². The molecule has 1 N–H and O–H groups in total. The van der Waals surface area contributed by atoms with Gasteiger partial charge in [-0.15, -0.1) is 0 Å². The summed E-state index contributed by atoms with van der Waals surface area (Å²) in [6.07, 6.45) is 5.90. The Morgan fingerprint density at radius 2 is 2.11 bits per heavy atom. The van der Waals surface area contributed by atoms with Crippen molar-refractivity contribution in [3.8, 4) is 0 Å². The van der Waals surface area contributed by atoms with Crippen LogP contribution in [0.5, 0.6) is 0 Å². The molecule has 0 aromatic carbocycles. The zero-order chi connectivity index (χ0) is 13.1. The van der Waals surface area contributed by atoms with E-state index in [1.165, 1.54) is 24.1 Å². The van der Waals surface area contributed by atoms with E-state index in [1.807, 2.05) is 0 Å². The number of aromatic nitrogens is 2. The average Bonchev–Trinajstić information content (AvgIpc) is 3.09. The lowest BCUT2D eigenvalue weighted by Gasteiger charge is -2.15. The predicted octanol–water partition coefficient (Wildman–Crippen LogP) is 3.16. The van der Waals surface area contributed by atoms with Gasteiger partial charge >= 0.3 is 0 Å². The lowest BCUT2D eigenvalue weighted by atomic mass is 10.1. The fourth-order valence-corrected chi connectivity index (χ4v) is 2.58. The number of hydrogen-bond donors (Lipinski definition) is 1. The first-order valence-corrected chi connectivity index (χ1v) is 7.39. The smallest absolute Gasteiger partial charge is 0.0537 e. The molecule has 1 heterocycles. The van der Waals surface area contributed by atoms with Gasteiger partial charge in [0.25, 0.3) is 0 Å². The van der Waals surface area contributed by atoms with Gasteiger partial charge in [-0.1, -0.05) is 20.8 Å². The lowest BCUT2D eigenvalue weighted by Crippen LogP contribution is -2.20. The maximum absolute atomic E-state index is 4.62. The second-order valence-corrected chi connectivity index (χ2v) is 6.02. The van der Waals surface area contributed by atoms with Crippen molar-refractivity contribution in [2.45, 2.75) is 59.5 Å². The molecule has 1 atom stereocenters. The van der Waals surface area contributed by atoms with Crippen LogP contribution in [-0.2, 0) is 13.0 Å². The number of hydrogen-bond acceptors (Lipinski definition) is 2. The molecular formula is C15H27N3. The summed E-state index contributed by atoms with van der Waals surface area (Å²) in [5, 5.41) is 8.14. The van der Waals surface area contributed by atoms with Crippen molar-refractivity contribution >= 4 is 0 Å². The molecule has 1 fully saturated rings. The predicted molar refractivity (Wildman–Crippen MR) is 75.6 cm³/mol. The minimum atomic E-state index is 0.582. The van der Waals surface area contributed by atoms with Crippen LogP contribution in [0.25, 0.3) is 0 Å². The van der Waals surface area contributed by atoms with E-state index >= 15 is 0 Å². The SMILES string of the molecule is CCc1c(CNCC(C)C)cnn1C(C)C1CC1. The van der Waals surface area contributed by atoms with Crippen molar-refractivity contribution in [1.29, 1.82) is 0 Å². The van der Waals surface area contributed by atoms with Gasteiger partial charge in [0, 0.05) is 17.8 Å². The van der Waals surface area contributed by atoms with Crippen LogP contribution in [-0.4, -0.2) is 16.3 Å². The van der Waals surface area contributed by atoms with E-state index < -0.39 is 0 Å². The van der Waals surface area contributed by atoms with Crippen molar-refractivity contribution in [1.82, 2.24) is 15.1 Å². The van der Waals surface area contributed by atoms with E-state index in [9.17, 15) is 0 Å². The quantitative estimate of drug-likeness (QED) is 0.804. The summed E-state index contributed by atoms with van der Waals surface area (Å²) in [6, 6.07) is 0.582. The summed E-state index contributed by atoms with van der Waals surface area (Å²) in [5.41, 5.74) is 2.80. The van der Waals surface area contributed by atoms with Crippen LogP contribution < -0.4 is 5.32 Å². The summed E-state index contributed by atoms with van der Waals surface area (Å²) in [6.45, 7) is 11.1. The topological polar surface area (TPSA) is 29.9 Å². The molecule has 102 valence electrons. The van der Waals surface area contributed by atoms with Crippen LogP contribution in [0.4, 0.5) is 0 Å². The van der Waals surface area contributed by atoms with Gasteiger partial charge in [-0.05, 0) is 44.6 Å². The van der Waals surface area contributed by atoms with Crippen molar-refractivity contribution in [3.63, 3.8) is 0 Å². The number of rotatable bonds is 7. The minimum absolute atomic E-state index is 0.582. The van der Waals surface area contributed by atoms with Gasteiger partial charge in [-0.2, -0.15) is 5.10 Å². The molecule has 0 spiro atoms. The molecule has 0 saturated heterocycles. The minimum Gasteiger partial charge on any atom is -0.312 e. The van der Waals surface area contributed by atoms with E-state index in [4.69, 9.17) is 0 Å². The van der Waals surface area contributed by atoms with Crippen molar-refractivity contribution in [2.24, 2.45) is 11.8 Å². The molecule has 3 heteroatoms. The Morgan fingerprint density at radius 1 is 1.39 bits per heavy atom. The van der Waals surface area contributed by atoms with Crippen molar-refractivity contribution in [2.75, 3.05) is 6.54 Å².